The molecular formula is C26H40O2. The zero-order valence-corrected chi connectivity index (χ0v) is 18.1. The fourth-order valence-electron chi connectivity index (χ4n) is 9.63. The molecule has 5 saturated carbocycles. The van der Waals surface area contributed by atoms with Crippen LogP contribution < -0.4 is 0 Å². The molecule has 0 heterocycles. The SMILES string of the molecule is C=C(C)C1(C)CCC2(C(=O)O)CCC3C4CCC5CCCCC5C4CCC3C12. The van der Waals surface area contributed by atoms with Crippen molar-refractivity contribution in [2.24, 2.45) is 52.3 Å². The highest BCUT2D eigenvalue weighted by molar-refractivity contribution is 5.76. The molecule has 0 aliphatic heterocycles. The normalized spacial score (nSPS) is 52.7. The average Bonchev–Trinajstić information content (AvgIpc) is 3.03. The van der Waals surface area contributed by atoms with Gasteiger partial charge >= 0.3 is 5.97 Å². The van der Waals surface area contributed by atoms with E-state index in [9.17, 15) is 9.90 Å². The number of rotatable bonds is 2. The van der Waals surface area contributed by atoms with Crippen molar-refractivity contribution in [3.05, 3.63) is 12.2 Å². The highest BCUT2D eigenvalue weighted by Gasteiger charge is 2.66. The lowest BCUT2D eigenvalue weighted by Gasteiger charge is -2.59. The Bertz CT molecular complexity index is 667. The second kappa shape index (κ2) is 6.61. The Kier molecular flexibility index (Phi) is 4.53. The molecule has 9 atom stereocenters. The Hall–Kier alpha value is -0.790. The molecule has 0 saturated heterocycles. The Labute approximate surface area is 171 Å². The second-order valence-electron chi connectivity index (χ2n) is 11.7. The molecular weight excluding hydrogens is 344 g/mol. The standard InChI is InChI=1S/C26H40O2/c1-16(2)25(3)14-15-26(24(27)28)13-12-21-20-9-8-17-6-4-5-7-18(17)19(20)10-11-22(21)23(25)26/h17-23H,1,4-15H2,2-3H3,(H,27,28). The van der Waals surface area contributed by atoms with E-state index in [-0.39, 0.29) is 5.41 Å². The largest absolute Gasteiger partial charge is 0.481 e. The van der Waals surface area contributed by atoms with Gasteiger partial charge in [0, 0.05) is 0 Å². The number of hydrogen-bond donors (Lipinski definition) is 1. The van der Waals surface area contributed by atoms with Gasteiger partial charge in [0.25, 0.3) is 0 Å². The Balaban J connectivity index is 1.48. The third-order valence-electron chi connectivity index (χ3n) is 11.0. The van der Waals surface area contributed by atoms with E-state index in [1.807, 2.05) is 0 Å². The van der Waals surface area contributed by atoms with Gasteiger partial charge in [0.2, 0.25) is 0 Å². The molecule has 0 aromatic carbocycles. The lowest BCUT2D eigenvalue weighted by atomic mass is 9.45. The molecule has 0 radical (unpaired) electrons. The first-order valence-electron chi connectivity index (χ1n) is 12.3. The number of fused-ring (bicyclic) bond motifs is 7. The van der Waals surface area contributed by atoms with Crippen LogP contribution in [0.1, 0.15) is 90.9 Å². The molecule has 0 bridgehead atoms. The Morgan fingerprint density at radius 2 is 1.46 bits per heavy atom. The van der Waals surface area contributed by atoms with Gasteiger partial charge in [-0.15, -0.1) is 0 Å². The minimum Gasteiger partial charge on any atom is -0.481 e. The van der Waals surface area contributed by atoms with E-state index >= 15 is 0 Å². The summed E-state index contributed by atoms with van der Waals surface area (Å²) in [4.78, 5) is 12.6. The van der Waals surface area contributed by atoms with E-state index in [0.29, 0.717) is 11.8 Å². The van der Waals surface area contributed by atoms with Gasteiger partial charge in [-0.3, -0.25) is 4.79 Å². The van der Waals surface area contributed by atoms with Crippen LogP contribution in [0.3, 0.4) is 0 Å². The van der Waals surface area contributed by atoms with Gasteiger partial charge in [0.05, 0.1) is 5.41 Å². The smallest absolute Gasteiger partial charge is 0.309 e. The number of allylic oxidation sites excluding steroid dienone is 1. The van der Waals surface area contributed by atoms with Gasteiger partial charge < -0.3 is 5.11 Å². The van der Waals surface area contributed by atoms with Gasteiger partial charge in [-0.2, -0.15) is 0 Å². The summed E-state index contributed by atoms with van der Waals surface area (Å²) in [5.74, 6) is 5.08. The third kappa shape index (κ3) is 2.48. The molecule has 28 heavy (non-hydrogen) atoms. The fourth-order valence-corrected chi connectivity index (χ4v) is 9.63. The predicted octanol–water partition coefficient (Wildman–Crippen LogP) is 6.70. The molecule has 5 aliphatic carbocycles. The summed E-state index contributed by atoms with van der Waals surface area (Å²) in [5, 5.41) is 10.4. The maximum absolute atomic E-state index is 12.6. The monoisotopic (exact) mass is 384 g/mol. The van der Waals surface area contributed by atoms with E-state index < -0.39 is 11.4 Å². The first-order valence-corrected chi connectivity index (χ1v) is 12.3. The first kappa shape index (κ1) is 19.2. The van der Waals surface area contributed by atoms with Crippen LogP contribution in [0, 0.1) is 52.3 Å². The van der Waals surface area contributed by atoms with E-state index in [0.717, 1.165) is 48.9 Å². The average molecular weight is 385 g/mol. The summed E-state index contributed by atoms with van der Waals surface area (Å²) >= 11 is 0. The van der Waals surface area contributed by atoms with Crippen LogP contribution >= 0.6 is 0 Å². The van der Waals surface area contributed by atoms with Crippen LogP contribution in [-0.4, -0.2) is 11.1 Å². The van der Waals surface area contributed by atoms with Crippen LogP contribution in [0.15, 0.2) is 12.2 Å². The molecule has 156 valence electrons. The van der Waals surface area contributed by atoms with E-state index in [1.54, 1.807) is 0 Å². The molecule has 2 nitrogen and oxygen atoms in total. The fraction of sp³-hybridized carbons (Fsp3) is 0.885. The van der Waals surface area contributed by atoms with Gasteiger partial charge in [-0.25, -0.2) is 0 Å². The van der Waals surface area contributed by atoms with Crippen LogP contribution in [0.25, 0.3) is 0 Å². The summed E-state index contributed by atoms with van der Waals surface area (Å²) < 4.78 is 0. The van der Waals surface area contributed by atoms with Crippen molar-refractivity contribution in [3.8, 4) is 0 Å². The van der Waals surface area contributed by atoms with E-state index in [2.05, 4.69) is 20.4 Å². The molecule has 0 spiro atoms. The van der Waals surface area contributed by atoms with E-state index in [4.69, 9.17) is 0 Å². The summed E-state index contributed by atoms with van der Waals surface area (Å²) in [6, 6.07) is 0. The van der Waals surface area contributed by atoms with Crippen LogP contribution in [0.4, 0.5) is 0 Å². The van der Waals surface area contributed by atoms with Crippen LogP contribution in [0.2, 0.25) is 0 Å². The lowest BCUT2D eigenvalue weighted by molar-refractivity contribution is -0.166. The molecule has 0 aromatic rings. The van der Waals surface area contributed by atoms with Crippen molar-refractivity contribution < 1.29 is 9.90 Å². The molecule has 5 aliphatic rings. The zero-order valence-electron chi connectivity index (χ0n) is 18.1. The maximum Gasteiger partial charge on any atom is 0.309 e. The summed E-state index contributed by atoms with van der Waals surface area (Å²) in [6.45, 7) is 8.90. The number of carboxylic acids is 1. The quantitative estimate of drug-likeness (QED) is 0.538. The molecule has 0 amide bonds. The van der Waals surface area contributed by atoms with Crippen LogP contribution in [0.5, 0.6) is 0 Å². The minimum atomic E-state index is -0.501. The summed E-state index contributed by atoms with van der Waals surface area (Å²) in [7, 11) is 0. The molecule has 5 rings (SSSR count). The maximum atomic E-state index is 12.6. The number of carbonyl (C=O) groups is 1. The highest BCUT2D eigenvalue weighted by Crippen LogP contribution is 2.70. The predicted molar refractivity (Wildman–Crippen MR) is 113 cm³/mol. The van der Waals surface area contributed by atoms with Gasteiger partial charge in [-0.1, -0.05) is 38.3 Å². The van der Waals surface area contributed by atoms with Crippen molar-refractivity contribution in [3.63, 3.8) is 0 Å². The molecule has 1 N–H and O–H groups in total. The third-order valence-corrected chi connectivity index (χ3v) is 11.0. The van der Waals surface area contributed by atoms with E-state index in [1.165, 1.54) is 63.4 Å². The minimum absolute atomic E-state index is 0.0244. The van der Waals surface area contributed by atoms with Crippen molar-refractivity contribution in [2.45, 2.75) is 90.9 Å². The lowest BCUT2D eigenvalue weighted by Crippen LogP contribution is -2.55. The zero-order chi connectivity index (χ0) is 19.7. The number of hydrogen-bond acceptors (Lipinski definition) is 1. The van der Waals surface area contributed by atoms with Crippen molar-refractivity contribution in [1.82, 2.24) is 0 Å². The molecule has 2 heteroatoms. The first-order chi connectivity index (χ1) is 13.4. The Morgan fingerprint density at radius 1 is 0.821 bits per heavy atom. The van der Waals surface area contributed by atoms with Crippen LogP contribution in [-0.2, 0) is 4.79 Å². The molecule has 5 fully saturated rings. The number of aliphatic carboxylic acids is 1. The van der Waals surface area contributed by atoms with Gasteiger partial charge in [0.1, 0.15) is 0 Å². The van der Waals surface area contributed by atoms with Crippen molar-refractivity contribution in [1.29, 1.82) is 0 Å². The molecule has 0 aromatic heterocycles. The summed E-state index contributed by atoms with van der Waals surface area (Å²) in [6.07, 6.45) is 15.5. The van der Waals surface area contributed by atoms with Crippen molar-refractivity contribution >= 4 is 5.97 Å². The number of carboxylic acid groups (broad SMARTS) is 1. The molecule has 9 unspecified atom stereocenters. The second-order valence-corrected chi connectivity index (χ2v) is 11.7. The van der Waals surface area contributed by atoms with Gasteiger partial charge in [-0.05, 0) is 112 Å². The van der Waals surface area contributed by atoms with Gasteiger partial charge in [0.15, 0.2) is 0 Å². The summed E-state index contributed by atoms with van der Waals surface area (Å²) in [5.41, 5.74) is 0.791. The highest BCUT2D eigenvalue weighted by atomic mass is 16.4. The Morgan fingerprint density at radius 3 is 2.21 bits per heavy atom. The topological polar surface area (TPSA) is 37.3 Å². The van der Waals surface area contributed by atoms with Crippen molar-refractivity contribution in [2.75, 3.05) is 0 Å².